The van der Waals surface area contributed by atoms with Gasteiger partial charge in [-0.3, -0.25) is 14.5 Å². The van der Waals surface area contributed by atoms with Gasteiger partial charge >= 0.3 is 6.03 Å². The van der Waals surface area contributed by atoms with E-state index >= 15 is 0 Å². The van der Waals surface area contributed by atoms with Crippen molar-refractivity contribution in [3.63, 3.8) is 0 Å². The van der Waals surface area contributed by atoms with Crippen molar-refractivity contribution in [3.05, 3.63) is 35.4 Å². The Labute approximate surface area is 160 Å². The molecular weight excluding hydrogens is 342 g/mol. The van der Waals surface area contributed by atoms with Gasteiger partial charge in [0.15, 0.2) is 0 Å². The normalized spacial score (nSPS) is 22.1. The van der Waals surface area contributed by atoms with Crippen molar-refractivity contribution in [2.75, 3.05) is 6.54 Å². The standard InChI is InChI=1S/C21H29N3O3/c1-3-4-5-6-9-15(2)22-18(25)14-24-19(26)21(23-20(24)27)13-12-16-10-7-8-11-17(16)21/h7-8,10-11,15H,3-6,9,12-14H2,1-2H3,(H,22,25)(H,23,27)/t15-,21+/m1/s1. The second-order valence-electron chi connectivity index (χ2n) is 7.70. The number of imide groups is 1. The van der Waals surface area contributed by atoms with Crippen LogP contribution in [0.1, 0.15) is 63.5 Å². The number of benzene rings is 1. The first-order valence-corrected chi connectivity index (χ1v) is 10.00. The van der Waals surface area contributed by atoms with E-state index in [9.17, 15) is 14.4 Å². The molecule has 0 aromatic heterocycles. The van der Waals surface area contributed by atoms with E-state index in [1.165, 1.54) is 12.8 Å². The summed E-state index contributed by atoms with van der Waals surface area (Å²) in [5.74, 6) is -0.604. The van der Waals surface area contributed by atoms with E-state index < -0.39 is 11.6 Å². The molecule has 6 heteroatoms. The molecule has 1 aromatic carbocycles. The van der Waals surface area contributed by atoms with Crippen LogP contribution in [0.15, 0.2) is 24.3 Å². The number of carbonyl (C=O) groups excluding carboxylic acids is 3. The zero-order valence-electron chi connectivity index (χ0n) is 16.2. The predicted molar refractivity (Wildman–Crippen MR) is 103 cm³/mol. The fraction of sp³-hybridized carbons (Fsp3) is 0.571. The maximum absolute atomic E-state index is 13.0. The van der Waals surface area contributed by atoms with Gasteiger partial charge in [-0.2, -0.15) is 0 Å². The topological polar surface area (TPSA) is 78.5 Å². The van der Waals surface area contributed by atoms with E-state index in [1.807, 2.05) is 31.2 Å². The van der Waals surface area contributed by atoms with Gasteiger partial charge in [0.2, 0.25) is 5.91 Å². The SMILES string of the molecule is CCCCCC[C@@H](C)NC(=O)CN1C(=O)N[C@]2(CCc3ccccc32)C1=O. The van der Waals surface area contributed by atoms with Crippen molar-refractivity contribution in [1.82, 2.24) is 15.5 Å². The second-order valence-corrected chi connectivity index (χ2v) is 7.70. The quantitative estimate of drug-likeness (QED) is 0.545. The molecule has 3 rings (SSSR count). The third-order valence-electron chi connectivity index (χ3n) is 5.62. The maximum atomic E-state index is 13.0. The van der Waals surface area contributed by atoms with Gasteiger partial charge in [-0.05, 0) is 37.3 Å². The molecule has 1 aliphatic carbocycles. The van der Waals surface area contributed by atoms with Crippen LogP contribution in [0.5, 0.6) is 0 Å². The van der Waals surface area contributed by atoms with E-state index in [4.69, 9.17) is 0 Å². The Morgan fingerprint density at radius 1 is 1.26 bits per heavy atom. The minimum atomic E-state index is -1.00. The lowest BCUT2D eigenvalue weighted by molar-refractivity contribution is -0.135. The van der Waals surface area contributed by atoms with Crippen LogP contribution in [0.3, 0.4) is 0 Å². The molecule has 2 aliphatic rings. The molecule has 1 aromatic rings. The zero-order chi connectivity index (χ0) is 19.4. The molecule has 0 unspecified atom stereocenters. The first-order chi connectivity index (χ1) is 13.0. The lowest BCUT2D eigenvalue weighted by Gasteiger charge is -2.22. The molecule has 2 atom stereocenters. The molecule has 27 heavy (non-hydrogen) atoms. The van der Waals surface area contributed by atoms with Crippen molar-refractivity contribution < 1.29 is 14.4 Å². The van der Waals surface area contributed by atoms with Crippen molar-refractivity contribution in [3.8, 4) is 0 Å². The summed E-state index contributed by atoms with van der Waals surface area (Å²) in [7, 11) is 0. The highest BCUT2D eigenvalue weighted by Gasteiger charge is 2.55. The molecule has 1 heterocycles. The average Bonchev–Trinajstić information content (AvgIpc) is 3.13. The van der Waals surface area contributed by atoms with E-state index in [2.05, 4.69) is 17.6 Å². The second kappa shape index (κ2) is 8.11. The van der Waals surface area contributed by atoms with Crippen LogP contribution in [0, 0.1) is 0 Å². The number of nitrogens with zero attached hydrogens (tertiary/aromatic N) is 1. The monoisotopic (exact) mass is 371 g/mol. The molecule has 1 spiro atoms. The number of rotatable bonds is 8. The Balaban J connectivity index is 1.59. The van der Waals surface area contributed by atoms with Crippen LogP contribution in [-0.2, 0) is 21.5 Å². The minimum Gasteiger partial charge on any atom is -0.352 e. The van der Waals surface area contributed by atoms with Crippen molar-refractivity contribution >= 4 is 17.8 Å². The summed E-state index contributed by atoms with van der Waals surface area (Å²) in [6, 6.07) is 7.24. The number of nitrogens with one attached hydrogen (secondary N) is 2. The molecule has 1 fully saturated rings. The number of aryl methyl sites for hydroxylation is 1. The first-order valence-electron chi connectivity index (χ1n) is 10.00. The smallest absolute Gasteiger partial charge is 0.325 e. The highest BCUT2D eigenvalue weighted by atomic mass is 16.2. The molecule has 0 saturated carbocycles. The number of hydrogen-bond donors (Lipinski definition) is 2. The van der Waals surface area contributed by atoms with Gasteiger partial charge in [0, 0.05) is 6.04 Å². The molecule has 4 amide bonds. The number of amides is 4. The summed E-state index contributed by atoms with van der Waals surface area (Å²) in [6.45, 7) is 3.90. The fourth-order valence-corrected chi connectivity index (χ4v) is 4.15. The molecule has 0 bridgehead atoms. The summed E-state index contributed by atoms with van der Waals surface area (Å²) < 4.78 is 0. The van der Waals surface area contributed by atoms with Gasteiger partial charge in [-0.25, -0.2) is 4.79 Å². The molecule has 1 aliphatic heterocycles. The van der Waals surface area contributed by atoms with E-state index in [1.54, 1.807) is 0 Å². The Hall–Kier alpha value is -2.37. The van der Waals surface area contributed by atoms with Crippen LogP contribution < -0.4 is 10.6 Å². The molecule has 6 nitrogen and oxygen atoms in total. The van der Waals surface area contributed by atoms with Crippen molar-refractivity contribution in [1.29, 1.82) is 0 Å². The van der Waals surface area contributed by atoms with E-state index in [-0.39, 0.29) is 24.4 Å². The van der Waals surface area contributed by atoms with Crippen LogP contribution >= 0.6 is 0 Å². The van der Waals surface area contributed by atoms with Gasteiger partial charge in [-0.15, -0.1) is 0 Å². The average molecular weight is 371 g/mol. The van der Waals surface area contributed by atoms with Crippen LogP contribution in [0.4, 0.5) is 4.79 Å². The maximum Gasteiger partial charge on any atom is 0.325 e. The number of urea groups is 1. The van der Waals surface area contributed by atoms with Gasteiger partial charge in [0.05, 0.1) is 0 Å². The number of unbranched alkanes of at least 4 members (excludes halogenated alkanes) is 3. The summed E-state index contributed by atoms with van der Waals surface area (Å²) in [5.41, 5.74) is 0.938. The first kappa shape index (κ1) is 19.4. The molecule has 146 valence electrons. The lowest BCUT2D eigenvalue weighted by Crippen LogP contribution is -2.45. The molecule has 0 radical (unpaired) electrons. The third kappa shape index (κ3) is 3.84. The predicted octanol–water partition coefficient (Wildman–Crippen LogP) is 2.86. The largest absolute Gasteiger partial charge is 0.352 e. The number of carbonyl (C=O) groups is 3. The van der Waals surface area contributed by atoms with Crippen LogP contribution in [-0.4, -0.2) is 35.3 Å². The lowest BCUT2D eigenvalue weighted by atomic mass is 9.92. The van der Waals surface area contributed by atoms with E-state index in [0.717, 1.165) is 41.7 Å². The number of hydrogen-bond acceptors (Lipinski definition) is 3. The summed E-state index contributed by atoms with van der Waals surface area (Å²) in [5, 5.41) is 5.76. The molecule has 1 saturated heterocycles. The summed E-state index contributed by atoms with van der Waals surface area (Å²) in [4.78, 5) is 38.9. The van der Waals surface area contributed by atoms with Crippen LogP contribution in [0.25, 0.3) is 0 Å². The Morgan fingerprint density at radius 3 is 2.81 bits per heavy atom. The van der Waals surface area contributed by atoms with Gasteiger partial charge < -0.3 is 10.6 Å². The molecule has 2 N–H and O–H groups in total. The highest BCUT2D eigenvalue weighted by Crippen LogP contribution is 2.41. The van der Waals surface area contributed by atoms with Gasteiger partial charge in [-0.1, -0.05) is 56.9 Å². The van der Waals surface area contributed by atoms with Crippen molar-refractivity contribution in [2.24, 2.45) is 0 Å². The highest BCUT2D eigenvalue weighted by molar-refractivity contribution is 6.09. The third-order valence-corrected chi connectivity index (χ3v) is 5.62. The Kier molecular flexibility index (Phi) is 5.82. The fourth-order valence-electron chi connectivity index (χ4n) is 4.15. The minimum absolute atomic E-state index is 0.0382. The van der Waals surface area contributed by atoms with Crippen molar-refractivity contribution in [2.45, 2.75) is 70.4 Å². The zero-order valence-corrected chi connectivity index (χ0v) is 16.2. The van der Waals surface area contributed by atoms with Crippen LogP contribution in [0.2, 0.25) is 0 Å². The number of fused-ring (bicyclic) bond motifs is 2. The van der Waals surface area contributed by atoms with Gasteiger partial charge in [0.1, 0.15) is 12.1 Å². The Morgan fingerprint density at radius 2 is 2.04 bits per heavy atom. The Bertz CT molecular complexity index is 733. The van der Waals surface area contributed by atoms with Gasteiger partial charge in [0.25, 0.3) is 5.91 Å². The summed E-state index contributed by atoms with van der Waals surface area (Å²) in [6.07, 6.45) is 6.80. The molecular formula is C21H29N3O3. The summed E-state index contributed by atoms with van der Waals surface area (Å²) >= 11 is 0. The van der Waals surface area contributed by atoms with E-state index in [0.29, 0.717) is 6.42 Å².